The van der Waals surface area contributed by atoms with Crippen LogP contribution in [0.4, 0.5) is 5.88 Å². The number of hydrogen-bond acceptors (Lipinski definition) is 7. The van der Waals surface area contributed by atoms with E-state index < -0.39 is 9.84 Å². The number of rotatable bonds is 6. The van der Waals surface area contributed by atoms with Gasteiger partial charge in [0.15, 0.2) is 11.5 Å². The lowest BCUT2D eigenvalue weighted by Gasteiger charge is -2.07. The van der Waals surface area contributed by atoms with Crippen molar-refractivity contribution in [1.29, 1.82) is 0 Å². The molecular weight excluding hydrogens is 428 g/mol. The van der Waals surface area contributed by atoms with Crippen molar-refractivity contribution < 1.29 is 22.3 Å². The fraction of sp³-hybridized carbons (Fsp3) is 0.125. The van der Waals surface area contributed by atoms with Gasteiger partial charge in [-0.2, -0.15) is 4.98 Å². The number of nitrogens with one attached hydrogen (secondary N) is 1. The van der Waals surface area contributed by atoms with E-state index in [4.69, 9.17) is 13.9 Å². The molecule has 1 aliphatic heterocycles. The van der Waals surface area contributed by atoms with E-state index in [9.17, 15) is 8.42 Å². The molecular formula is C24H20N2O5S. The number of ether oxygens (including phenoxy) is 2. The maximum absolute atomic E-state index is 13.4. The van der Waals surface area contributed by atoms with Gasteiger partial charge in [0.2, 0.25) is 33.4 Å². The predicted molar refractivity (Wildman–Crippen MR) is 118 cm³/mol. The molecule has 1 aliphatic rings. The second kappa shape index (κ2) is 8.05. The monoisotopic (exact) mass is 448 g/mol. The van der Waals surface area contributed by atoms with Crippen molar-refractivity contribution in [1.82, 2.24) is 4.98 Å². The lowest BCUT2D eigenvalue weighted by Crippen LogP contribution is -2.07. The van der Waals surface area contributed by atoms with Crippen molar-refractivity contribution in [2.75, 3.05) is 12.1 Å². The van der Waals surface area contributed by atoms with Crippen LogP contribution in [0.1, 0.15) is 11.1 Å². The smallest absolute Gasteiger partial charge is 0.234 e. The summed E-state index contributed by atoms with van der Waals surface area (Å²) in [5, 5.41) is 2.94. The van der Waals surface area contributed by atoms with E-state index in [2.05, 4.69) is 10.3 Å². The molecule has 162 valence electrons. The fourth-order valence-electron chi connectivity index (χ4n) is 3.37. The molecule has 0 saturated carbocycles. The van der Waals surface area contributed by atoms with Crippen LogP contribution < -0.4 is 14.8 Å². The van der Waals surface area contributed by atoms with Crippen LogP contribution in [0.5, 0.6) is 11.5 Å². The molecule has 8 heteroatoms. The van der Waals surface area contributed by atoms with Gasteiger partial charge in [-0.1, -0.05) is 42.0 Å². The lowest BCUT2D eigenvalue weighted by molar-refractivity contribution is 0.174. The molecule has 0 radical (unpaired) electrons. The van der Waals surface area contributed by atoms with Gasteiger partial charge in [-0.15, -0.1) is 0 Å². The molecule has 0 aliphatic carbocycles. The zero-order chi connectivity index (χ0) is 22.1. The Morgan fingerprint density at radius 2 is 1.69 bits per heavy atom. The van der Waals surface area contributed by atoms with Crippen LogP contribution >= 0.6 is 0 Å². The van der Waals surface area contributed by atoms with Gasteiger partial charge in [0, 0.05) is 12.1 Å². The molecule has 2 heterocycles. The van der Waals surface area contributed by atoms with E-state index in [1.54, 1.807) is 24.3 Å². The number of aryl methyl sites for hydroxylation is 1. The summed E-state index contributed by atoms with van der Waals surface area (Å²) < 4.78 is 43.4. The van der Waals surface area contributed by atoms with E-state index in [0.717, 1.165) is 11.1 Å². The van der Waals surface area contributed by atoms with Gasteiger partial charge >= 0.3 is 0 Å². The van der Waals surface area contributed by atoms with Gasteiger partial charge in [-0.3, -0.25) is 0 Å². The number of oxazole rings is 1. The summed E-state index contributed by atoms with van der Waals surface area (Å²) in [6.45, 7) is 2.41. The van der Waals surface area contributed by atoms with E-state index in [1.807, 2.05) is 55.5 Å². The molecule has 0 unspecified atom stereocenters. The summed E-state index contributed by atoms with van der Waals surface area (Å²) in [5.41, 5.74) is 2.53. The Morgan fingerprint density at radius 1 is 0.938 bits per heavy atom. The summed E-state index contributed by atoms with van der Waals surface area (Å²) in [7, 11) is -3.90. The highest BCUT2D eigenvalue weighted by Gasteiger charge is 2.28. The first-order valence-electron chi connectivity index (χ1n) is 10.0. The minimum atomic E-state index is -3.90. The average molecular weight is 449 g/mol. The minimum absolute atomic E-state index is 0.0853. The third kappa shape index (κ3) is 3.80. The minimum Gasteiger partial charge on any atom is -0.454 e. The summed E-state index contributed by atoms with van der Waals surface area (Å²) in [5.74, 6) is 1.65. The quantitative estimate of drug-likeness (QED) is 0.452. The maximum atomic E-state index is 13.4. The molecule has 1 aromatic heterocycles. The molecule has 7 nitrogen and oxygen atoms in total. The van der Waals surface area contributed by atoms with E-state index in [1.165, 1.54) is 0 Å². The third-order valence-corrected chi connectivity index (χ3v) is 6.77. The first kappa shape index (κ1) is 20.1. The van der Waals surface area contributed by atoms with Crippen LogP contribution in [0.15, 0.2) is 87.1 Å². The molecule has 0 atom stereocenters. The topological polar surface area (TPSA) is 90.7 Å². The van der Waals surface area contributed by atoms with Crippen molar-refractivity contribution in [3.8, 4) is 23.0 Å². The number of hydrogen-bond donors (Lipinski definition) is 1. The molecule has 0 bridgehead atoms. The number of aromatic nitrogens is 1. The van der Waals surface area contributed by atoms with E-state index in [-0.39, 0.29) is 28.5 Å². The average Bonchev–Trinajstić information content (AvgIpc) is 3.46. The molecule has 0 fully saturated rings. The van der Waals surface area contributed by atoms with Gasteiger partial charge in [0.1, 0.15) is 0 Å². The largest absolute Gasteiger partial charge is 0.454 e. The Bertz CT molecular complexity index is 1360. The molecule has 3 aromatic carbocycles. The Morgan fingerprint density at radius 3 is 2.47 bits per heavy atom. The van der Waals surface area contributed by atoms with Crippen LogP contribution in [0.2, 0.25) is 0 Å². The second-order valence-electron chi connectivity index (χ2n) is 7.38. The zero-order valence-electron chi connectivity index (χ0n) is 17.2. The molecule has 32 heavy (non-hydrogen) atoms. The fourth-order valence-corrected chi connectivity index (χ4v) is 4.65. The van der Waals surface area contributed by atoms with Crippen molar-refractivity contribution in [2.24, 2.45) is 0 Å². The third-order valence-electron chi connectivity index (χ3n) is 5.09. The molecule has 4 aromatic rings. The van der Waals surface area contributed by atoms with Gasteiger partial charge in [-0.05, 0) is 48.9 Å². The van der Waals surface area contributed by atoms with Crippen LogP contribution in [-0.4, -0.2) is 20.2 Å². The van der Waals surface area contributed by atoms with Crippen molar-refractivity contribution >= 4 is 15.7 Å². The normalized spacial score (nSPS) is 12.7. The first-order valence-corrected chi connectivity index (χ1v) is 11.5. The SMILES string of the molecule is Cc1ccc(S(=O)(=O)c2nc(-c3ccccc3)oc2NCc2ccc3c(c2)OCO3)cc1. The predicted octanol–water partition coefficient (Wildman–Crippen LogP) is 4.82. The van der Waals surface area contributed by atoms with E-state index in [0.29, 0.717) is 23.6 Å². The van der Waals surface area contributed by atoms with Gasteiger partial charge < -0.3 is 19.2 Å². The summed E-state index contributed by atoms with van der Waals surface area (Å²) in [6, 6.07) is 21.4. The van der Waals surface area contributed by atoms with Crippen LogP contribution in [0.25, 0.3) is 11.5 Å². The van der Waals surface area contributed by atoms with Crippen LogP contribution in [-0.2, 0) is 16.4 Å². The number of fused-ring (bicyclic) bond motifs is 1. The Labute approximate surface area is 185 Å². The molecule has 5 rings (SSSR count). The number of benzene rings is 3. The van der Waals surface area contributed by atoms with Gasteiger partial charge in [0.05, 0.1) is 4.90 Å². The summed E-state index contributed by atoms with van der Waals surface area (Å²) >= 11 is 0. The molecule has 0 amide bonds. The molecule has 1 N–H and O–H groups in total. The number of sulfone groups is 1. The highest BCUT2D eigenvalue weighted by molar-refractivity contribution is 7.91. The van der Waals surface area contributed by atoms with Crippen molar-refractivity contribution in [3.63, 3.8) is 0 Å². The molecule has 0 spiro atoms. The highest BCUT2D eigenvalue weighted by atomic mass is 32.2. The van der Waals surface area contributed by atoms with Crippen molar-refractivity contribution in [2.45, 2.75) is 23.4 Å². The second-order valence-corrected chi connectivity index (χ2v) is 9.24. The standard InChI is InChI=1S/C24H20N2O5S/c1-16-7-10-19(11-8-16)32(27,28)24-23(31-22(26-24)18-5-3-2-4-6-18)25-14-17-9-12-20-21(13-17)30-15-29-20/h2-13,25H,14-15H2,1H3. The zero-order valence-corrected chi connectivity index (χ0v) is 18.1. The summed E-state index contributed by atoms with van der Waals surface area (Å²) in [6.07, 6.45) is 0. The Hall–Kier alpha value is -3.78. The highest BCUT2D eigenvalue weighted by Crippen LogP contribution is 2.35. The molecule has 0 saturated heterocycles. The lowest BCUT2D eigenvalue weighted by atomic mass is 10.2. The number of anilines is 1. The van der Waals surface area contributed by atoms with E-state index >= 15 is 0 Å². The van der Waals surface area contributed by atoms with Gasteiger partial charge in [0.25, 0.3) is 0 Å². The van der Waals surface area contributed by atoms with Crippen LogP contribution in [0, 0.1) is 6.92 Å². The Kier molecular flexibility index (Phi) is 5.07. The maximum Gasteiger partial charge on any atom is 0.234 e. The van der Waals surface area contributed by atoms with Gasteiger partial charge in [-0.25, -0.2) is 8.42 Å². The Balaban J connectivity index is 1.51. The first-order chi connectivity index (χ1) is 15.5. The van der Waals surface area contributed by atoms with Crippen molar-refractivity contribution in [3.05, 3.63) is 83.9 Å². The van der Waals surface area contributed by atoms with Crippen LogP contribution in [0.3, 0.4) is 0 Å². The summed E-state index contributed by atoms with van der Waals surface area (Å²) in [4.78, 5) is 4.51. The number of nitrogens with zero attached hydrogens (tertiary/aromatic N) is 1.